The molecule has 1 aromatic heterocycles. The number of rotatable bonds is 9. The van der Waals surface area contributed by atoms with Gasteiger partial charge in [0.05, 0.1) is 23.4 Å². The largest absolute Gasteiger partial charge is 0.379 e. The summed E-state index contributed by atoms with van der Waals surface area (Å²) in [6, 6.07) is 10.6. The number of aromatic nitrogens is 1. The topological polar surface area (TPSA) is 71.5 Å². The van der Waals surface area contributed by atoms with Gasteiger partial charge < -0.3 is 10.1 Å². The Bertz CT molecular complexity index is 995. The normalized spacial score (nSPS) is 16.9. The van der Waals surface area contributed by atoms with Crippen LogP contribution < -0.4 is 5.32 Å². The molecule has 0 spiro atoms. The van der Waals surface area contributed by atoms with Crippen LogP contribution in [0.2, 0.25) is 25.7 Å². The predicted molar refractivity (Wildman–Crippen MR) is 133 cm³/mol. The number of imide groups is 1. The van der Waals surface area contributed by atoms with Gasteiger partial charge in [-0.1, -0.05) is 51.0 Å². The first-order chi connectivity index (χ1) is 15.8. The fourth-order valence-corrected chi connectivity index (χ4v) is 5.29. The van der Waals surface area contributed by atoms with Gasteiger partial charge in [-0.25, -0.2) is 4.90 Å². The quantitative estimate of drug-likeness (QED) is 0.294. The molecule has 0 bridgehead atoms. The van der Waals surface area contributed by atoms with Crippen molar-refractivity contribution in [2.45, 2.75) is 70.3 Å². The van der Waals surface area contributed by atoms with E-state index in [0.717, 1.165) is 11.7 Å². The summed E-state index contributed by atoms with van der Waals surface area (Å²) in [6.07, 6.45) is 8.46. The highest BCUT2D eigenvalue weighted by atomic mass is 28.3. The molecule has 1 aromatic carbocycles. The second-order valence-corrected chi connectivity index (χ2v) is 16.0. The number of hydrogen-bond acceptors (Lipinski definition) is 5. The first-order valence-corrected chi connectivity index (χ1v) is 15.8. The van der Waals surface area contributed by atoms with Gasteiger partial charge in [0, 0.05) is 26.6 Å². The summed E-state index contributed by atoms with van der Waals surface area (Å²) in [5.41, 5.74) is 3.75. The lowest BCUT2D eigenvalue weighted by Gasteiger charge is -2.21. The highest BCUT2D eigenvalue weighted by Crippen LogP contribution is 2.32. The molecule has 1 aliphatic heterocycles. The second kappa shape index (κ2) is 10.2. The third-order valence-corrected chi connectivity index (χ3v) is 8.30. The van der Waals surface area contributed by atoms with E-state index in [4.69, 9.17) is 4.74 Å². The van der Waals surface area contributed by atoms with Gasteiger partial charge in [0.1, 0.15) is 6.73 Å². The number of carbonyl (C=O) groups is 2. The molecule has 1 saturated carbocycles. The summed E-state index contributed by atoms with van der Waals surface area (Å²) >= 11 is 0. The zero-order valence-electron chi connectivity index (χ0n) is 20.0. The molecule has 0 unspecified atom stereocenters. The molecule has 1 N–H and O–H groups in total. The van der Waals surface area contributed by atoms with Crippen molar-refractivity contribution in [2.75, 3.05) is 18.7 Å². The van der Waals surface area contributed by atoms with Gasteiger partial charge in [-0.3, -0.25) is 14.6 Å². The first kappa shape index (κ1) is 23.6. The van der Waals surface area contributed by atoms with E-state index in [1.165, 1.54) is 42.6 Å². The van der Waals surface area contributed by atoms with Crippen molar-refractivity contribution >= 4 is 25.6 Å². The van der Waals surface area contributed by atoms with Crippen molar-refractivity contribution in [3.05, 3.63) is 58.9 Å². The maximum Gasteiger partial charge on any atom is 0.265 e. The van der Waals surface area contributed by atoms with Crippen LogP contribution in [-0.4, -0.2) is 43.1 Å². The molecule has 2 heterocycles. The number of benzene rings is 1. The fraction of sp³-hybridized carbons (Fsp3) is 0.500. The van der Waals surface area contributed by atoms with Crippen LogP contribution in [0.25, 0.3) is 0 Å². The summed E-state index contributed by atoms with van der Waals surface area (Å²) in [5.74, 6) is 0.0431. The third-order valence-electron chi connectivity index (χ3n) is 6.60. The number of fused-ring (bicyclic) bond motifs is 1. The number of hydrogen-bond donors (Lipinski definition) is 1. The molecule has 2 aromatic rings. The number of pyridine rings is 1. The molecule has 4 rings (SSSR count). The monoisotopic (exact) mass is 465 g/mol. The first-order valence-electron chi connectivity index (χ1n) is 12.1. The van der Waals surface area contributed by atoms with Crippen LogP contribution in [0, 0.1) is 0 Å². The number of nitrogens with zero attached hydrogens (tertiary/aromatic N) is 2. The van der Waals surface area contributed by atoms with Gasteiger partial charge in [0.25, 0.3) is 11.8 Å². The van der Waals surface area contributed by atoms with Crippen LogP contribution in [0.15, 0.2) is 36.5 Å². The molecule has 33 heavy (non-hydrogen) atoms. The Balaban J connectivity index is 1.38. The van der Waals surface area contributed by atoms with Gasteiger partial charge in [0.2, 0.25) is 0 Å². The summed E-state index contributed by atoms with van der Waals surface area (Å²) in [6.45, 7) is 7.88. The molecule has 7 heteroatoms. The highest BCUT2D eigenvalue weighted by Gasteiger charge is 2.37. The highest BCUT2D eigenvalue weighted by molar-refractivity contribution is 6.76. The second-order valence-electron chi connectivity index (χ2n) is 10.4. The summed E-state index contributed by atoms with van der Waals surface area (Å²) in [7, 11) is -1.23. The van der Waals surface area contributed by atoms with E-state index in [9.17, 15) is 9.59 Å². The van der Waals surface area contributed by atoms with Crippen LogP contribution in [-0.2, 0) is 11.3 Å². The van der Waals surface area contributed by atoms with Crippen molar-refractivity contribution in [1.82, 2.24) is 9.88 Å². The summed E-state index contributed by atoms with van der Waals surface area (Å²) in [5, 5.41) is 3.32. The van der Waals surface area contributed by atoms with E-state index in [1.807, 2.05) is 18.3 Å². The lowest BCUT2D eigenvalue weighted by Crippen LogP contribution is -2.33. The van der Waals surface area contributed by atoms with Crippen LogP contribution in [0.3, 0.4) is 0 Å². The zero-order valence-corrected chi connectivity index (χ0v) is 21.0. The molecular weight excluding hydrogens is 430 g/mol. The van der Waals surface area contributed by atoms with Gasteiger partial charge >= 0.3 is 0 Å². The van der Waals surface area contributed by atoms with Gasteiger partial charge in [0.15, 0.2) is 0 Å². The van der Waals surface area contributed by atoms with Crippen molar-refractivity contribution in [1.29, 1.82) is 0 Å². The lowest BCUT2D eigenvalue weighted by atomic mass is 9.85. The summed E-state index contributed by atoms with van der Waals surface area (Å²) < 4.78 is 5.68. The van der Waals surface area contributed by atoms with Gasteiger partial charge in [-0.05, 0) is 48.6 Å². The van der Waals surface area contributed by atoms with Crippen LogP contribution in [0.1, 0.15) is 70.0 Å². The molecule has 2 aliphatic rings. The Kier molecular flexibility index (Phi) is 7.29. The smallest absolute Gasteiger partial charge is 0.265 e. The fourth-order valence-electron chi connectivity index (χ4n) is 4.54. The maximum atomic E-state index is 13.0. The Morgan fingerprint density at radius 1 is 1.06 bits per heavy atom. The third kappa shape index (κ3) is 5.71. The van der Waals surface area contributed by atoms with Crippen LogP contribution in [0.4, 0.5) is 5.69 Å². The van der Waals surface area contributed by atoms with E-state index < -0.39 is 8.07 Å². The van der Waals surface area contributed by atoms with Gasteiger partial charge in [-0.15, -0.1) is 0 Å². The van der Waals surface area contributed by atoms with Crippen molar-refractivity contribution in [3.8, 4) is 0 Å². The number of nitrogens with one attached hydrogen (secondary N) is 1. The Labute approximate surface area is 197 Å². The van der Waals surface area contributed by atoms with E-state index in [1.54, 1.807) is 6.07 Å². The molecule has 0 atom stereocenters. The average molecular weight is 466 g/mol. The molecule has 176 valence electrons. The number of carbonyl (C=O) groups excluding carboxylic acids is 2. The molecule has 1 fully saturated rings. The zero-order chi connectivity index (χ0) is 23.4. The van der Waals surface area contributed by atoms with Gasteiger partial charge in [-0.2, -0.15) is 0 Å². The molecule has 1 aliphatic carbocycles. The van der Waals surface area contributed by atoms with E-state index in [-0.39, 0.29) is 18.5 Å². The van der Waals surface area contributed by atoms with Crippen molar-refractivity contribution in [3.63, 3.8) is 0 Å². The molecule has 0 saturated heterocycles. The standard InChI is InChI=1S/C26H35N3O3Si/c1-33(2,3)15-14-32-18-29-25(30)22-10-7-11-23(24(22)26(29)31)28-17-21-13-12-20(16-27-21)19-8-5-4-6-9-19/h7,10-13,16,19,28H,4-6,8-9,14-15,17-18H2,1-3H3. The summed E-state index contributed by atoms with van der Waals surface area (Å²) in [4.78, 5) is 31.7. The Hall–Kier alpha value is -2.51. The van der Waals surface area contributed by atoms with Crippen LogP contribution >= 0.6 is 0 Å². The number of ether oxygens (including phenoxy) is 1. The van der Waals surface area contributed by atoms with E-state index >= 15 is 0 Å². The molecule has 2 amide bonds. The molecule has 0 radical (unpaired) electrons. The SMILES string of the molecule is C[Si](C)(C)CCOCN1C(=O)c2cccc(NCc3ccc(C4CCCCC4)cn3)c2C1=O. The number of anilines is 1. The maximum absolute atomic E-state index is 13.0. The average Bonchev–Trinajstić information content (AvgIpc) is 3.06. The Morgan fingerprint density at radius 3 is 2.55 bits per heavy atom. The Morgan fingerprint density at radius 2 is 1.85 bits per heavy atom. The molecular formula is C26H35N3O3Si. The number of amides is 2. The van der Waals surface area contributed by atoms with E-state index in [0.29, 0.717) is 35.9 Å². The van der Waals surface area contributed by atoms with E-state index in [2.05, 4.69) is 42.1 Å². The molecule has 6 nitrogen and oxygen atoms in total. The lowest BCUT2D eigenvalue weighted by molar-refractivity contribution is 0.0288. The van der Waals surface area contributed by atoms with Crippen molar-refractivity contribution < 1.29 is 14.3 Å². The minimum absolute atomic E-state index is 0.000447. The minimum Gasteiger partial charge on any atom is -0.379 e. The van der Waals surface area contributed by atoms with Crippen molar-refractivity contribution in [2.24, 2.45) is 0 Å². The minimum atomic E-state index is -1.23. The van der Waals surface area contributed by atoms with Crippen LogP contribution in [0.5, 0.6) is 0 Å². The predicted octanol–water partition coefficient (Wildman–Crippen LogP) is 5.65.